The molecular formula is C12H20N4O4S. The number of aliphatic hydroxyl groups is 1. The first-order chi connectivity index (χ1) is 10.1. The van der Waals surface area contributed by atoms with Crippen LogP contribution in [0.15, 0.2) is 6.07 Å². The number of rotatable bonds is 4. The van der Waals surface area contributed by atoms with Crippen molar-refractivity contribution in [1.82, 2.24) is 18.8 Å². The van der Waals surface area contributed by atoms with E-state index in [0.717, 1.165) is 12.8 Å². The maximum atomic E-state index is 12.8. The van der Waals surface area contributed by atoms with Crippen LogP contribution in [0, 0.1) is 0 Å². The number of nitrogens with zero attached hydrogens (tertiary/aromatic N) is 3. The predicted molar refractivity (Wildman–Crippen MR) is 74.5 cm³/mol. The highest BCUT2D eigenvalue weighted by Crippen LogP contribution is 2.34. The summed E-state index contributed by atoms with van der Waals surface area (Å²) in [5, 5.41) is 16.0. The minimum absolute atomic E-state index is 0.129. The highest BCUT2D eigenvalue weighted by molar-refractivity contribution is 7.86. The fourth-order valence-electron chi connectivity index (χ4n) is 2.87. The summed E-state index contributed by atoms with van der Waals surface area (Å²) in [6.45, 7) is 2.05. The molecule has 0 unspecified atom stereocenters. The number of aliphatic hydroxyl groups excluding tert-OH is 1. The van der Waals surface area contributed by atoms with Gasteiger partial charge in [0, 0.05) is 19.6 Å². The number of ether oxygens (including phenoxy) is 1. The minimum atomic E-state index is -3.49. The van der Waals surface area contributed by atoms with Gasteiger partial charge in [-0.05, 0) is 18.9 Å². The maximum Gasteiger partial charge on any atom is 0.282 e. The monoisotopic (exact) mass is 316 g/mol. The number of hydrogen-bond acceptors (Lipinski definition) is 5. The summed E-state index contributed by atoms with van der Waals surface area (Å²) in [5.74, 6) is 0. The molecule has 0 saturated carbocycles. The standard InChI is InChI=1S/C12H20N4O4S/c17-9-10-8-11(14-13-10)12-2-1-3-16(12)21(18,19)15-4-6-20-7-5-15/h8,12,17H,1-7,9H2,(H,13,14)/t12-/m1/s1. The first-order valence-electron chi connectivity index (χ1n) is 7.12. The number of aromatic nitrogens is 2. The Kier molecular flexibility index (Phi) is 4.27. The zero-order valence-corrected chi connectivity index (χ0v) is 12.5. The van der Waals surface area contributed by atoms with Gasteiger partial charge in [0.05, 0.1) is 37.3 Å². The smallest absolute Gasteiger partial charge is 0.282 e. The van der Waals surface area contributed by atoms with Crippen molar-refractivity contribution in [3.05, 3.63) is 17.5 Å². The van der Waals surface area contributed by atoms with E-state index in [2.05, 4.69) is 10.2 Å². The van der Waals surface area contributed by atoms with E-state index in [9.17, 15) is 8.42 Å². The summed E-state index contributed by atoms with van der Waals surface area (Å²) in [7, 11) is -3.49. The molecule has 1 aromatic rings. The third-order valence-electron chi connectivity index (χ3n) is 3.96. The lowest BCUT2D eigenvalue weighted by Gasteiger charge is -2.32. The van der Waals surface area contributed by atoms with E-state index in [1.807, 2.05) is 0 Å². The van der Waals surface area contributed by atoms with Crippen molar-refractivity contribution in [2.75, 3.05) is 32.8 Å². The number of aromatic amines is 1. The highest BCUT2D eigenvalue weighted by atomic mass is 32.2. The van der Waals surface area contributed by atoms with Gasteiger partial charge >= 0.3 is 0 Å². The molecule has 2 N–H and O–H groups in total. The molecule has 9 heteroatoms. The van der Waals surface area contributed by atoms with Gasteiger partial charge in [-0.25, -0.2) is 0 Å². The van der Waals surface area contributed by atoms with Crippen LogP contribution in [0.1, 0.15) is 30.3 Å². The summed E-state index contributed by atoms with van der Waals surface area (Å²) < 4.78 is 33.7. The van der Waals surface area contributed by atoms with Crippen LogP contribution in [0.4, 0.5) is 0 Å². The van der Waals surface area contributed by atoms with Crippen molar-refractivity contribution in [2.24, 2.45) is 0 Å². The third kappa shape index (κ3) is 2.84. The van der Waals surface area contributed by atoms with Crippen molar-refractivity contribution >= 4 is 10.2 Å². The molecule has 0 aliphatic carbocycles. The van der Waals surface area contributed by atoms with Crippen LogP contribution >= 0.6 is 0 Å². The Hall–Kier alpha value is -1.00. The Balaban J connectivity index is 1.82. The summed E-state index contributed by atoms with van der Waals surface area (Å²) in [5.41, 5.74) is 1.27. The molecule has 0 spiro atoms. The van der Waals surface area contributed by atoms with Gasteiger partial charge in [0.2, 0.25) is 0 Å². The molecule has 0 radical (unpaired) electrons. The largest absolute Gasteiger partial charge is 0.390 e. The van der Waals surface area contributed by atoms with Crippen LogP contribution in [0.3, 0.4) is 0 Å². The molecular weight excluding hydrogens is 296 g/mol. The van der Waals surface area contributed by atoms with Gasteiger partial charge in [0.15, 0.2) is 0 Å². The fourth-order valence-corrected chi connectivity index (χ4v) is 4.67. The van der Waals surface area contributed by atoms with E-state index in [-0.39, 0.29) is 12.6 Å². The Morgan fingerprint density at radius 2 is 2.14 bits per heavy atom. The lowest BCUT2D eigenvalue weighted by atomic mass is 10.1. The highest BCUT2D eigenvalue weighted by Gasteiger charge is 2.40. The molecule has 8 nitrogen and oxygen atoms in total. The first kappa shape index (κ1) is 14.9. The Labute approximate surface area is 123 Å². The van der Waals surface area contributed by atoms with Crippen LogP contribution in [0.25, 0.3) is 0 Å². The number of H-pyrrole nitrogens is 1. The van der Waals surface area contributed by atoms with Crippen molar-refractivity contribution in [3.8, 4) is 0 Å². The van der Waals surface area contributed by atoms with Gasteiger partial charge in [-0.2, -0.15) is 22.1 Å². The van der Waals surface area contributed by atoms with Crippen molar-refractivity contribution < 1.29 is 18.3 Å². The lowest BCUT2D eigenvalue weighted by Crippen LogP contribution is -2.48. The van der Waals surface area contributed by atoms with E-state index in [0.29, 0.717) is 44.2 Å². The third-order valence-corrected chi connectivity index (χ3v) is 6.01. The molecule has 1 atom stereocenters. The molecule has 0 aromatic carbocycles. The van der Waals surface area contributed by atoms with Gasteiger partial charge < -0.3 is 9.84 Å². The van der Waals surface area contributed by atoms with E-state index in [1.54, 1.807) is 6.07 Å². The quantitative estimate of drug-likeness (QED) is 0.789. The van der Waals surface area contributed by atoms with Gasteiger partial charge in [-0.15, -0.1) is 0 Å². The average Bonchev–Trinajstić information content (AvgIpc) is 3.16. The van der Waals surface area contributed by atoms with E-state index >= 15 is 0 Å². The molecule has 1 aromatic heterocycles. The van der Waals surface area contributed by atoms with Crippen molar-refractivity contribution in [1.29, 1.82) is 0 Å². The second-order valence-corrected chi connectivity index (χ2v) is 7.15. The molecule has 21 heavy (non-hydrogen) atoms. The molecule has 118 valence electrons. The normalized spacial score (nSPS) is 25.5. The molecule has 2 aliphatic rings. The summed E-state index contributed by atoms with van der Waals surface area (Å²) >= 11 is 0. The van der Waals surface area contributed by atoms with Crippen molar-refractivity contribution in [3.63, 3.8) is 0 Å². The second kappa shape index (κ2) is 6.01. The second-order valence-electron chi connectivity index (χ2n) is 5.26. The predicted octanol–water partition coefficient (Wildman–Crippen LogP) is -0.384. The SMILES string of the molecule is O=S(=O)(N1CCOCC1)N1CCC[C@@H]1c1cc(CO)[nH]n1. The summed E-state index contributed by atoms with van der Waals surface area (Å²) in [4.78, 5) is 0. The zero-order chi connectivity index (χ0) is 14.9. The zero-order valence-electron chi connectivity index (χ0n) is 11.7. The van der Waals surface area contributed by atoms with Crippen LogP contribution in [-0.2, 0) is 21.6 Å². The van der Waals surface area contributed by atoms with Crippen LogP contribution in [0.2, 0.25) is 0 Å². The van der Waals surface area contributed by atoms with Gasteiger partial charge in [-0.1, -0.05) is 0 Å². The van der Waals surface area contributed by atoms with Crippen LogP contribution < -0.4 is 0 Å². The molecule has 0 amide bonds. The minimum Gasteiger partial charge on any atom is -0.390 e. The first-order valence-corrected chi connectivity index (χ1v) is 8.52. The molecule has 2 aliphatic heterocycles. The van der Waals surface area contributed by atoms with Gasteiger partial charge in [0.25, 0.3) is 10.2 Å². The lowest BCUT2D eigenvalue weighted by molar-refractivity contribution is 0.0698. The number of morpholine rings is 1. The fraction of sp³-hybridized carbons (Fsp3) is 0.750. The van der Waals surface area contributed by atoms with Gasteiger partial charge in [0.1, 0.15) is 0 Å². The molecule has 3 rings (SSSR count). The topological polar surface area (TPSA) is 98.8 Å². The number of nitrogens with one attached hydrogen (secondary N) is 1. The Bertz CT molecular complexity index is 582. The summed E-state index contributed by atoms with van der Waals surface area (Å²) in [6.07, 6.45) is 1.56. The Morgan fingerprint density at radius 1 is 1.38 bits per heavy atom. The van der Waals surface area contributed by atoms with Crippen LogP contribution in [0.5, 0.6) is 0 Å². The maximum absolute atomic E-state index is 12.8. The molecule has 2 saturated heterocycles. The van der Waals surface area contributed by atoms with E-state index in [4.69, 9.17) is 9.84 Å². The van der Waals surface area contributed by atoms with E-state index < -0.39 is 10.2 Å². The average molecular weight is 316 g/mol. The van der Waals surface area contributed by atoms with Crippen molar-refractivity contribution in [2.45, 2.75) is 25.5 Å². The number of hydrogen-bond donors (Lipinski definition) is 2. The van der Waals surface area contributed by atoms with Crippen LogP contribution in [-0.4, -0.2) is 65.2 Å². The molecule has 3 heterocycles. The van der Waals surface area contributed by atoms with Gasteiger partial charge in [-0.3, -0.25) is 5.10 Å². The van der Waals surface area contributed by atoms with E-state index in [1.165, 1.54) is 8.61 Å². The Morgan fingerprint density at radius 3 is 2.81 bits per heavy atom. The summed E-state index contributed by atoms with van der Waals surface area (Å²) in [6, 6.07) is 1.48. The molecule has 2 fully saturated rings. The molecule has 0 bridgehead atoms.